The smallest absolute Gasteiger partial charge is 0.416 e. The Morgan fingerprint density at radius 1 is 1.23 bits per heavy atom. The molecule has 1 N–H and O–H groups in total. The van der Waals surface area contributed by atoms with Crippen molar-refractivity contribution in [3.05, 3.63) is 65.2 Å². The molecule has 1 heterocycles. The number of hydrogen-bond donors (Lipinski definition) is 1. The predicted molar refractivity (Wildman–Crippen MR) is 90.9 cm³/mol. The van der Waals surface area contributed by atoms with Crippen molar-refractivity contribution in [2.45, 2.75) is 11.7 Å². The van der Waals surface area contributed by atoms with Crippen LogP contribution in [0.4, 0.5) is 23.7 Å². The summed E-state index contributed by atoms with van der Waals surface area (Å²) in [6, 6.07) is 10.5. The van der Waals surface area contributed by atoms with Crippen LogP contribution in [0, 0.1) is 0 Å². The van der Waals surface area contributed by atoms with Crippen molar-refractivity contribution in [1.82, 2.24) is 5.01 Å². The minimum absolute atomic E-state index is 0.0262. The number of anilines is 1. The number of carbonyl (C=O) groups excluding carboxylic acids is 1. The quantitative estimate of drug-likeness (QED) is 0.568. The van der Waals surface area contributed by atoms with Gasteiger partial charge in [0.1, 0.15) is 0 Å². The summed E-state index contributed by atoms with van der Waals surface area (Å²) in [7, 11) is 1.40. The van der Waals surface area contributed by atoms with E-state index in [1.807, 2.05) is 0 Å². The Labute approximate surface area is 152 Å². The van der Waals surface area contributed by atoms with Gasteiger partial charge < -0.3 is 10.1 Å². The number of carbonyl (C=O) groups is 1. The van der Waals surface area contributed by atoms with Crippen molar-refractivity contribution in [1.29, 1.82) is 0 Å². The molecule has 0 bridgehead atoms. The monoisotopic (exact) mass is 383 g/mol. The number of methoxy groups -OCH3 is 1. The van der Waals surface area contributed by atoms with Crippen LogP contribution in [0.25, 0.3) is 0 Å². The first-order valence-electron chi connectivity index (χ1n) is 7.44. The molecule has 9 heteroatoms. The van der Waals surface area contributed by atoms with Gasteiger partial charge in [-0.25, -0.2) is 4.79 Å². The third-order valence-electron chi connectivity index (χ3n) is 3.70. The van der Waals surface area contributed by atoms with Crippen molar-refractivity contribution < 1.29 is 22.7 Å². The van der Waals surface area contributed by atoms with Gasteiger partial charge in [0.15, 0.2) is 5.50 Å². The minimum Gasteiger partial charge on any atom is -0.480 e. The van der Waals surface area contributed by atoms with Crippen molar-refractivity contribution in [3.8, 4) is 0 Å². The zero-order chi connectivity index (χ0) is 18.9. The second-order valence-electron chi connectivity index (χ2n) is 5.39. The molecule has 0 saturated heterocycles. The summed E-state index contributed by atoms with van der Waals surface area (Å²) in [5.41, 5.74) is -0.598. The number of fused-ring (bicyclic) bond motifs is 1. The molecule has 0 radical (unpaired) electrons. The molecule has 1 aliphatic heterocycles. The van der Waals surface area contributed by atoms with Gasteiger partial charge in [0.25, 0.3) is 0 Å². The number of hydrazone groups is 1. The third kappa shape index (κ3) is 3.45. The number of amides is 2. The van der Waals surface area contributed by atoms with Crippen LogP contribution >= 0.6 is 11.6 Å². The average molecular weight is 384 g/mol. The molecule has 0 saturated carbocycles. The van der Waals surface area contributed by atoms with Crippen molar-refractivity contribution >= 4 is 29.2 Å². The fourth-order valence-electron chi connectivity index (χ4n) is 2.49. The molecule has 136 valence electrons. The number of ether oxygens (including phenoxy) is 1. The number of halogens is 4. The number of nitrogens with one attached hydrogen (secondary N) is 1. The first kappa shape index (κ1) is 18.1. The molecule has 1 aliphatic rings. The minimum atomic E-state index is -4.51. The standard InChI is InChI=1S/C17H13ClF3N3O2/c1-26-15-13-8-3-2-7-12(13)14(18)24(23-15)16(25)22-11-6-4-5-10(9-11)17(19,20)21/h2-9,14H,1H3,(H,22,25). The van der Waals surface area contributed by atoms with Crippen molar-refractivity contribution in [2.24, 2.45) is 5.10 Å². The fourth-order valence-corrected chi connectivity index (χ4v) is 2.81. The van der Waals surface area contributed by atoms with E-state index < -0.39 is 23.3 Å². The average Bonchev–Trinajstić information content (AvgIpc) is 2.62. The maximum Gasteiger partial charge on any atom is 0.416 e. The van der Waals surface area contributed by atoms with Gasteiger partial charge in [0, 0.05) is 16.8 Å². The predicted octanol–water partition coefficient (Wildman–Crippen LogP) is 4.80. The summed E-state index contributed by atoms with van der Waals surface area (Å²) in [5, 5.41) is 7.34. The summed E-state index contributed by atoms with van der Waals surface area (Å²) in [6.07, 6.45) is -4.51. The second-order valence-corrected chi connectivity index (χ2v) is 5.80. The Kier molecular flexibility index (Phi) is 4.78. The van der Waals surface area contributed by atoms with E-state index in [0.717, 1.165) is 17.1 Å². The topological polar surface area (TPSA) is 53.9 Å². The lowest BCUT2D eigenvalue weighted by Crippen LogP contribution is -2.36. The van der Waals surface area contributed by atoms with Crippen LogP contribution in [0.1, 0.15) is 22.2 Å². The van der Waals surface area contributed by atoms with Crippen molar-refractivity contribution in [2.75, 3.05) is 12.4 Å². The first-order valence-corrected chi connectivity index (χ1v) is 7.88. The molecular weight excluding hydrogens is 371 g/mol. The van der Waals surface area contributed by atoms with Crippen molar-refractivity contribution in [3.63, 3.8) is 0 Å². The van der Waals surface area contributed by atoms with Crippen LogP contribution in [0.5, 0.6) is 0 Å². The molecule has 1 atom stereocenters. The molecular formula is C17H13ClF3N3O2. The Morgan fingerprint density at radius 2 is 1.96 bits per heavy atom. The first-order chi connectivity index (χ1) is 12.3. The van der Waals surface area contributed by atoms with E-state index in [-0.39, 0.29) is 11.6 Å². The van der Waals surface area contributed by atoms with E-state index >= 15 is 0 Å². The van der Waals surface area contributed by atoms with Crippen LogP contribution in [-0.4, -0.2) is 24.0 Å². The number of benzene rings is 2. The summed E-state index contributed by atoms with van der Waals surface area (Å²) < 4.78 is 43.6. The maximum atomic E-state index is 12.8. The molecule has 1 unspecified atom stereocenters. The lowest BCUT2D eigenvalue weighted by atomic mass is 10.1. The van der Waals surface area contributed by atoms with E-state index in [4.69, 9.17) is 16.3 Å². The third-order valence-corrected chi connectivity index (χ3v) is 4.12. The van der Waals surface area contributed by atoms with E-state index in [0.29, 0.717) is 11.1 Å². The SMILES string of the molecule is COC1=NN(C(=O)Nc2cccc(C(F)(F)F)c2)C(Cl)c2ccccc21. The van der Waals surface area contributed by atoms with E-state index in [2.05, 4.69) is 10.4 Å². The Morgan fingerprint density at radius 3 is 2.65 bits per heavy atom. The Bertz CT molecular complexity index is 870. The van der Waals surface area contributed by atoms with Gasteiger partial charge in [0.05, 0.1) is 12.7 Å². The highest BCUT2D eigenvalue weighted by Gasteiger charge is 2.33. The van der Waals surface area contributed by atoms with Gasteiger partial charge >= 0.3 is 12.2 Å². The maximum absolute atomic E-state index is 12.8. The lowest BCUT2D eigenvalue weighted by molar-refractivity contribution is -0.137. The van der Waals surface area contributed by atoms with E-state index in [1.165, 1.54) is 19.2 Å². The van der Waals surface area contributed by atoms with E-state index in [9.17, 15) is 18.0 Å². The number of hydrogen-bond acceptors (Lipinski definition) is 3. The molecule has 0 aliphatic carbocycles. The van der Waals surface area contributed by atoms with Crippen LogP contribution in [-0.2, 0) is 10.9 Å². The summed E-state index contributed by atoms with van der Waals surface area (Å²) in [6.45, 7) is 0. The van der Waals surface area contributed by atoms with Gasteiger partial charge in [-0.3, -0.25) is 0 Å². The number of alkyl halides is 4. The summed E-state index contributed by atoms with van der Waals surface area (Å²) in [5.74, 6) is 0.177. The molecule has 3 rings (SSSR count). The molecule has 2 amide bonds. The number of nitrogens with zero attached hydrogens (tertiary/aromatic N) is 2. The van der Waals surface area contributed by atoms with Crippen LogP contribution in [0.15, 0.2) is 53.6 Å². The molecule has 26 heavy (non-hydrogen) atoms. The largest absolute Gasteiger partial charge is 0.480 e. The molecule has 0 spiro atoms. The van der Waals surface area contributed by atoms with Gasteiger partial charge in [-0.15, -0.1) is 5.10 Å². The van der Waals surface area contributed by atoms with Gasteiger partial charge in [-0.05, 0) is 24.3 Å². The highest BCUT2D eigenvalue weighted by molar-refractivity contribution is 6.23. The Hall–Kier alpha value is -2.74. The summed E-state index contributed by atoms with van der Waals surface area (Å²) in [4.78, 5) is 12.5. The van der Waals surface area contributed by atoms with Gasteiger partial charge in [-0.2, -0.15) is 18.2 Å². The highest BCUT2D eigenvalue weighted by Crippen LogP contribution is 2.34. The molecule has 2 aromatic carbocycles. The number of rotatable bonds is 1. The van der Waals surface area contributed by atoms with Crippen LogP contribution in [0.3, 0.4) is 0 Å². The molecule has 0 fully saturated rings. The van der Waals surface area contributed by atoms with Crippen LogP contribution < -0.4 is 5.32 Å². The Balaban J connectivity index is 1.87. The van der Waals surface area contributed by atoms with E-state index in [1.54, 1.807) is 24.3 Å². The number of urea groups is 1. The second kappa shape index (κ2) is 6.87. The fraction of sp³-hybridized carbons (Fsp3) is 0.176. The van der Waals surface area contributed by atoms with Gasteiger partial charge in [-0.1, -0.05) is 35.9 Å². The molecule has 5 nitrogen and oxygen atoms in total. The van der Waals surface area contributed by atoms with Crippen LogP contribution in [0.2, 0.25) is 0 Å². The summed E-state index contributed by atoms with van der Waals surface area (Å²) >= 11 is 6.32. The highest BCUT2D eigenvalue weighted by atomic mass is 35.5. The zero-order valence-corrected chi connectivity index (χ0v) is 14.2. The molecule has 2 aromatic rings. The normalized spacial score (nSPS) is 16.6. The molecule has 0 aromatic heterocycles. The lowest BCUT2D eigenvalue weighted by Gasteiger charge is -2.29. The van der Waals surface area contributed by atoms with Gasteiger partial charge in [0.2, 0.25) is 5.90 Å². The zero-order valence-electron chi connectivity index (χ0n) is 13.4.